The van der Waals surface area contributed by atoms with Gasteiger partial charge < -0.3 is 14.8 Å². The van der Waals surface area contributed by atoms with Gasteiger partial charge in [0.2, 0.25) is 0 Å². The molecule has 5 nitrogen and oxygen atoms in total. The number of amides is 1. The van der Waals surface area contributed by atoms with E-state index in [2.05, 4.69) is 5.32 Å². The highest BCUT2D eigenvalue weighted by atomic mass is 19.4. The fraction of sp³-hybridized carbons (Fsp3) is 0.333. The second kappa shape index (κ2) is 9.45. The number of hydrogen-bond acceptors (Lipinski definition) is 4. The number of ether oxygens (including phenoxy) is 2. The van der Waals surface area contributed by atoms with Gasteiger partial charge in [0.1, 0.15) is 5.75 Å². The highest BCUT2D eigenvalue weighted by Gasteiger charge is 2.34. The normalized spacial score (nSPS) is 12.4. The molecule has 0 bridgehead atoms. The van der Waals surface area contributed by atoms with Gasteiger partial charge in [-0.3, -0.25) is 4.79 Å². The number of anilines is 1. The van der Waals surface area contributed by atoms with Crippen LogP contribution in [0.4, 0.5) is 18.9 Å². The molecular weight excluding hydrogens is 387 g/mol. The average Bonchev–Trinajstić information content (AvgIpc) is 2.66. The van der Waals surface area contributed by atoms with Crippen molar-refractivity contribution >= 4 is 17.6 Å². The number of alkyl halides is 3. The smallest absolute Gasteiger partial charge is 0.418 e. The molecule has 0 aliphatic carbocycles. The lowest BCUT2D eigenvalue weighted by atomic mass is 10.1. The predicted molar refractivity (Wildman–Crippen MR) is 102 cm³/mol. The Kier molecular flexibility index (Phi) is 7.25. The van der Waals surface area contributed by atoms with Crippen LogP contribution < -0.4 is 10.1 Å². The molecule has 0 fully saturated rings. The van der Waals surface area contributed by atoms with Crippen LogP contribution in [0.25, 0.3) is 0 Å². The zero-order chi connectivity index (χ0) is 21.6. The maximum atomic E-state index is 13.0. The minimum Gasteiger partial charge on any atom is -0.493 e. The summed E-state index contributed by atoms with van der Waals surface area (Å²) >= 11 is 0. The maximum Gasteiger partial charge on any atom is 0.418 e. The number of para-hydroxylation sites is 1. The summed E-state index contributed by atoms with van der Waals surface area (Å²) in [5.74, 6) is -0.703. The van der Waals surface area contributed by atoms with Gasteiger partial charge in [0, 0.05) is 0 Å². The molecule has 29 heavy (non-hydrogen) atoms. The van der Waals surface area contributed by atoms with Crippen LogP contribution in [0.5, 0.6) is 5.75 Å². The van der Waals surface area contributed by atoms with E-state index >= 15 is 0 Å². The molecule has 2 rings (SSSR count). The van der Waals surface area contributed by atoms with E-state index in [9.17, 15) is 22.8 Å². The number of esters is 1. The van der Waals surface area contributed by atoms with Crippen molar-refractivity contribution in [3.05, 3.63) is 59.7 Å². The Labute approximate surface area is 166 Å². The van der Waals surface area contributed by atoms with Crippen LogP contribution >= 0.6 is 0 Å². The first-order chi connectivity index (χ1) is 13.6. The monoisotopic (exact) mass is 409 g/mol. The molecule has 0 saturated heterocycles. The zero-order valence-electron chi connectivity index (χ0n) is 16.2. The lowest BCUT2D eigenvalue weighted by Crippen LogP contribution is -2.30. The van der Waals surface area contributed by atoms with Crippen LogP contribution in [0, 0.1) is 5.92 Å². The van der Waals surface area contributed by atoms with Crippen LogP contribution in [0.15, 0.2) is 48.5 Å². The first kappa shape index (κ1) is 22.3. The second-order valence-corrected chi connectivity index (χ2v) is 6.81. The molecule has 0 heterocycles. The third-order valence-electron chi connectivity index (χ3n) is 3.82. The first-order valence-corrected chi connectivity index (χ1v) is 8.99. The number of benzene rings is 2. The average molecular weight is 409 g/mol. The van der Waals surface area contributed by atoms with Gasteiger partial charge in [-0.05, 0) is 49.2 Å². The molecule has 0 saturated carbocycles. The van der Waals surface area contributed by atoms with Crippen molar-refractivity contribution in [1.29, 1.82) is 0 Å². The number of carbonyl (C=O) groups excluding carboxylic acids is 2. The minimum atomic E-state index is -4.62. The lowest BCUT2D eigenvalue weighted by Gasteiger charge is -2.17. The maximum absolute atomic E-state index is 13.0. The standard InChI is InChI=1S/C21H22F3NO4/c1-13(2)12-28-16-10-8-15(9-11-16)20(27)29-14(3)19(26)25-18-7-5-4-6-17(18)21(22,23)24/h4-11,13-14H,12H2,1-3H3,(H,25,26)/t14-/m1/s1. The third-order valence-corrected chi connectivity index (χ3v) is 3.82. The van der Waals surface area contributed by atoms with Crippen molar-refractivity contribution in [1.82, 2.24) is 0 Å². The van der Waals surface area contributed by atoms with E-state index in [0.717, 1.165) is 12.1 Å². The fourth-order valence-corrected chi connectivity index (χ4v) is 2.31. The summed E-state index contributed by atoms with van der Waals surface area (Å²) in [4.78, 5) is 24.4. The molecule has 0 aliphatic heterocycles. The molecule has 2 aromatic carbocycles. The van der Waals surface area contributed by atoms with Crippen molar-refractivity contribution in [2.45, 2.75) is 33.1 Å². The topological polar surface area (TPSA) is 64.6 Å². The van der Waals surface area contributed by atoms with Gasteiger partial charge in [0.15, 0.2) is 6.10 Å². The van der Waals surface area contributed by atoms with Crippen LogP contribution in [0.2, 0.25) is 0 Å². The Balaban J connectivity index is 1.98. The summed E-state index contributed by atoms with van der Waals surface area (Å²) in [6.07, 6.45) is -5.91. The largest absolute Gasteiger partial charge is 0.493 e. The van der Waals surface area contributed by atoms with Crippen molar-refractivity contribution in [2.24, 2.45) is 5.92 Å². The summed E-state index contributed by atoms with van der Waals surface area (Å²) in [5.41, 5.74) is -1.19. The molecule has 1 N–H and O–H groups in total. The van der Waals surface area contributed by atoms with Gasteiger partial charge in [-0.1, -0.05) is 26.0 Å². The summed E-state index contributed by atoms with van der Waals surface area (Å²) in [6, 6.07) is 10.7. The molecule has 0 aromatic heterocycles. The van der Waals surface area contributed by atoms with Crippen LogP contribution in [0.3, 0.4) is 0 Å². The molecule has 1 amide bonds. The molecule has 2 aromatic rings. The number of nitrogens with one attached hydrogen (secondary N) is 1. The number of hydrogen-bond donors (Lipinski definition) is 1. The fourth-order valence-electron chi connectivity index (χ4n) is 2.31. The Morgan fingerprint density at radius 2 is 1.62 bits per heavy atom. The number of halogens is 3. The zero-order valence-corrected chi connectivity index (χ0v) is 16.2. The van der Waals surface area contributed by atoms with Gasteiger partial charge in [-0.2, -0.15) is 13.2 Å². The van der Waals surface area contributed by atoms with Crippen LogP contribution in [-0.4, -0.2) is 24.6 Å². The molecule has 1 atom stereocenters. The van der Waals surface area contributed by atoms with Gasteiger partial charge in [0.05, 0.1) is 23.4 Å². The van der Waals surface area contributed by atoms with E-state index in [0.29, 0.717) is 18.3 Å². The van der Waals surface area contributed by atoms with E-state index in [1.165, 1.54) is 31.2 Å². The van der Waals surface area contributed by atoms with Crippen molar-refractivity contribution < 1.29 is 32.2 Å². The highest BCUT2D eigenvalue weighted by molar-refractivity contribution is 5.97. The van der Waals surface area contributed by atoms with Gasteiger partial charge in [-0.25, -0.2) is 4.79 Å². The van der Waals surface area contributed by atoms with Crippen molar-refractivity contribution in [3.8, 4) is 5.75 Å². The highest BCUT2D eigenvalue weighted by Crippen LogP contribution is 2.34. The predicted octanol–water partition coefficient (Wildman–Crippen LogP) is 4.92. The second-order valence-electron chi connectivity index (χ2n) is 6.81. The lowest BCUT2D eigenvalue weighted by molar-refractivity contribution is -0.137. The summed E-state index contributed by atoms with van der Waals surface area (Å²) < 4.78 is 49.6. The Bertz CT molecular complexity index is 848. The van der Waals surface area contributed by atoms with Gasteiger partial charge in [-0.15, -0.1) is 0 Å². The van der Waals surface area contributed by atoms with E-state index in [4.69, 9.17) is 9.47 Å². The van der Waals surface area contributed by atoms with Crippen LogP contribution in [0.1, 0.15) is 36.7 Å². The number of rotatable bonds is 7. The minimum absolute atomic E-state index is 0.192. The Hall–Kier alpha value is -3.03. The molecule has 0 spiro atoms. The van der Waals surface area contributed by atoms with Crippen molar-refractivity contribution in [3.63, 3.8) is 0 Å². The van der Waals surface area contributed by atoms with E-state index in [1.807, 2.05) is 13.8 Å². The molecule has 0 unspecified atom stereocenters. The SMILES string of the molecule is CC(C)COc1ccc(C(=O)O[C@H](C)C(=O)Nc2ccccc2C(F)(F)F)cc1. The van der Waals surface area contributed by atoms with E-state index in [-0.39, 0.29) is 5.56 Å². The molecule has 156 valence electrons. The number of carbonyl (C=O) groups is 2. The summed E-state index contributed by atoms with van der Waals surface area (Å²) in [5, 5.41) is 2.15. The molecule has 0 radical (unpaired) electrons. The molecular formula is C21H22F3NO4. The molecule has 0 aliphatic rings. The van der Waals surface area contributed by atoms with E-state index in [1.54, 1.807) is 12.1 Å². The Morgan fingerprint density at radius 3 is 2.21 bits per heavy atom. The van der Waals surface area contributed by atoms with Crippen LogP contribution in [-0.2, 0) is 15.7 Å². The van der Waals surface area contributed by atoms with Gasteiger partial charge >= 0.3 is 12.1 Å². The first-order valence-electron chi connectivity index (χ1n) is 8.99. The third kappa shape index (κ3) is 6.51. The van der Waals surface area contributed by atoms with Gasteiger partial charge in [0.25, 0.3) is 5.91 Å². The van der Waals surface area contributed by atoms with Crippen molar-refractivity contribution in [2.75, 3.05) is 11.9 Å². The summed E-state index contributed by atoms with van der Waals surface area (Å²) in [7, 11) is 0. The molecule has 8 heteroatoms. The summed E-state index contributed by atoms with van der Waals surface area (Å²) in [6.45, 7) is 5.82. The van der Waals surface area contributed by atoms with E-state index < -0.39 is 35.4 Å². The Morgan fingerprint density at radius 1 is 1.00 bits per heavy atom. The quantitative estimate of drug-likeness (QED) is 0.659.